The van der Waals surface area contributed by atoms with Crippen LogP contribution in [0.4, 0.5) is 5.95 Å². The minimum atomic E-state index is 0.201. The summed E-state index contributed by atoms with van der Waals surface area (Å²) >= 11 is 0. The summed E-state index contributed by atoms with van der Waals surface area (Å²) in [7, 11) is 3.26. The smallest absolute Gasteiger partial charge is 0.226 e. The first-order chi connectivity index (χ1) is 13.2. The molecule has 140 valence electrons. The third kappa shape index (κ3) is 3.47. The first-order valence-corrected chi connectivity index (χ1v) is 9.14. The molecule has 27 heavy (non-hydrogen) atoms. The molecule has 2 aromatic carbocycles. The minimum Gasteiger partial charge on any atom is -0.493 e. The summed E-state index contributed by atoms with van der Waals surface area (Å²) in [6.07, 6.45) is 4.70. The molecule has 2 N–H and O–H groups in total. The molecule has 1 aromatic heterocycles. The fourth-order valence-corrected chi connectivity index (χ4v) is 3.57. The zero-order valence-electron chi connectivity index (χ0n) is 15.6. The normalized spacial score (nSPS) is 14.4. The highest BCUT2D eigenvalue weighted by Crippen LogP contribution is 2.35. The monoisotopic (exact) mass is 365 g/mol. The number of anilines is 1. The van der Waals surface area contributed by atoms with Gasteiger partial charge in [-0.3, -0.25) is 0 Å². The number of fused-ring (bicyclic) bond motifs is 1. The molecule has 4 rings (SSSR count). The highest BCUT2D eigenvalue weighted by Gasteiger charge is 2.19. The van der Waals surface area contributed by atoms with E-state index in [-0.39, 0.29) is 12.1 Å². The number of nitrogens with two attached hydrogens (primary N) is 1. The Morgan fingerprint density at radius 3 is 2.33 bits per heavy atom. The van der Waals surface area contributed by atoms with Gasteiger partial charge in [0.1, 0.15) is 6.10 Å². The Kier molecular flexibility index (Phi) is 4.71. The number of rotatable bonds is 5. The van der Waals surface area contributed by atoms with Crippen LogP contribution in [0.5, 0.6) is 17.4 Å². The van der Waals surface area contributed by atoms with Gasteiger partial charge in [-0.2, -0.15) is 4.98 Å². The van der Waals surface area contributed by atoms with E-state index in [0.717, 1.165) is 34.9 Å². The Labute approximate surface area is 158 Å². The van der Waals surface area contributed by atoms with E-state index in [1.165, 1.54) is 12.8 Å². The highest BCUT2D eigenvalue weighted by atomic mass is 16.5. The van der Waals surface area contributed by atoms with Crippen molar-refractivity contribution in [3.63, 3.8) is 0 Å². The van der Waals surface area contributed by atoms with Crippen molar-refractivity contribution in [3.05, 3.63) is 36.4 Å². The molecule has 0 aliphatic heterocycles. The fraction of sp³-hybridized carbons (Fsp3) is 0.333. The third-order valence-corrected chi connectivity index (χ3v) is 4.98. The van der Waals surface area contributed by atoms with Crippen molar-refractivity contribution in [3.8, 4) is 28.5 Å². The molecular formula is C21H23N3O3. The number of nitrogens with zero attached hydrogens (tertiary/aromatic N) is 2. The van der Waals surface area contributed by atoms with Crippen molar-refractivity contribution >= 4 is 16.9 Å². The second-order valence-corrected chi connectivity index (χ2v) is 6.71. The molecule has 6 nitrogen and oxygen atoms in total. The van der Waals surface area contributed by atoms with E-state index in [4.69, 9.17) is 19.9 Å². The third-order valence-electron chi connectivity index (χ3n) is 4.98. The van der Waals surface area contributed by atoms with Gasteiger partial charge in [-0.05, 0) is 61.1 Å². The van der Waals surface area contributed by atoms with Gasteiger partial charge in [-0.1, -0.05) is 12.1 Å². The summed E-state index contributed by atoms with van der Waals surface area (Å²) in [5.74, 6) is 2.18. The number of aromatic nitrogens is 2. The van der Waals surface area contributed by atoms with Crippen LogP contribution in [0.25, 0.3) is 22.0 Å². The molecule has 1 heterocycles. The molecular weight excluding hydrogens is 342 g/mol. The van der Waals surface area contributed by atoms with E-state index >= 15 is 0 Å². The fourth-order valence-electron chi connectivity index (χ4n) is 3.57. The molecule has 0 atom stereocenters. The summed E-state index contributed by atoms with van der Waals surface area (Å²) in [6, 6.07) is 11.8. The van der Waals surface area contributed by atoms with Gasteiger partial charge >= 0.3 is 0 Å². The Morgan fingerprint density at radius 2 is 1.59 bits per heavy atom. The molecule has 3 aromatic rings. The Morgan fingerprint density at radius 1 is 0.889 bits per heavy atom. The molecule has 1 aliphatic carbocycles. The zero-order valence-corrected chi connectivity index (χ0v) is 15.6. The maximum atomic E-state index is 6.17. The molecule has 0 unspecified atom stereocenters. The maximum absolute atomic E-state index is 6.17. The van der Waals surface area contributed by atoms with Crippen molar-refractivity contribution < 1.29 is 14.2 Å². The lowest BCUT2D eigenvalue weighted by Gasteiger charge is -2.15. The van der Waals surface area contributed by atoms with Gasteiger partial charge in [0.05, 0.1) is 25.1 Å². The minimum absolute atomic E-state index is 0.201. The van der Waals surface area contributed by atoms with Gasteiger partial charge in [-0.15, -0.1) is 0 Å². The summed E-state index contributed by atoms with van der Waals surface area (Å²) in [6.45, 7) is 0. The van der Waals surface area contributed by atoms with E-state index in [1.807, 2.05) is 36.4 Å². The molecule has 0 saturated heterocycles. The van der Waals surface area contributed by atoms with E-state index < -0.39 is 0 Å². The molecule has 1 saturated carbocycles. The summed E-state index contributed by atoms with van der Waals surface area (Å²) in [5.41, 5.74) is 8.70. The number of methoxy groups -OCH3 is 2. The predicted molar refractivity (Wildman–Crippen MR) is 105 cm³/mol. The number of benzene rings is 2. The number of hydrogen-bond donors (Lipinski definition) is 1. The SMILES string of the molecule is COc1ccc(-c2ccc3nc(N)nc(OC4CCCC4)c3c2)cc1OC. The van der Waals surface area contributed by atoms with Gasteiger partial charge < -0.3 is 19.9 Å². The maximum Gasteiger partial charge on any atom is 0.226 e. The average Bonchev–Trinajstić information content (AvgIpc) is 3.20. The van der Waals surface area contributed by atoms with E-state index in [9.17, 15) is 0 Å². The van der Waals surface area contributed by atoms with E-state index in [1.54, 1.807) is 14.2 Å². The average molecular weight is 365 g/mol. The molecule has 0 amide bonds. The molecule has 0 bridgehead atoms. The van der Waals surface area contributed by atoms with Crippen LogP contribution in [0.3, 0.4) is 0 Å². The number of nitrogen functional groups attached to an aromatic ring is 1. The van der Waals surface area contributed by atoms with Crippen LogP contribution in [-0.4, -0.2) is 30.3 Å². The van der Waals surface area contributed by atoms with Gasteiger partial charge in [0.15, 0.2) is 11.5 Å². The van der Waals surface area contributed by atoms with Crippen LogP contribution in [-0.2, 0) is 0 Å². The van der Waals surface area contributed by atoms with Crippen molar-refractivity contribution in [2.45, 2.75) is 31.8 Å². The summed E-state index contributed by atoms with van der Waals surface area (Å²) in [5, 5.41) is 0.864. The standard InChI is InChI=1S/C21H23N3O3/c1-25-18-10-8-14(12-19(18)26-2)13-7-9-17-16(11-13)20(24-21(22)23-17)27-15-5-3-4-6-15/h7-12,15H,3-6H2,1-2H3,(H2,22,23,24). The molecule has 0 spiro atoms. The van der Waals surface area contributed by atoms with Gasteiger partial charge in [0, 0.05) is 0 Å². The van der Waals surface area contributed by atoms with Crippen molar-refractivity contribution in [1.29, 1.82) is 0 Å². The Bertz CT molecular complexity index is 968. The zero-order chi connectivity index (χ0) is 18.8. The van der Waals surface area contributed by atoms with Crippen LogP contribution in [0.2, 0.25) is 0 Å². The van der Waals surface area contributed by atoms with Crippen LogP contribution >= 0.6 is 0 Å². The van der Waals surface area contributed by atoms with Crippen molar-refractivity contribution in [1.82, 2.24) is 9.97 Å². The topological polar surface area (TPSA) is 79.5 Å². The van der Waals surface area contributed by atoms with Gasteiger partial charge in [-0.25, -0.2) is 4.98 Å². The Balaban J connectivity index is 1.77. The first-order valence-electron chi connectivity index (χ1n) is 9.14. The van der Waals surface area contributed by atoms with Crippen molar-refractivity contribution in [2.75, 3.05) is 20.0 Å². The van der Waals surface area contributed by atoms with Crippen LogP contribution in [0.15, 0.2) is 36.4 Å². The largest absolute Gasteiger partial charge is 0.493 e. The summed E-state index contributed by atoms with van der Waals surface area (Å²) in [4.78, 5) is 8.71. The predicted octanol–water partition coefficient (Wildman–Crippen LogP) is 4.22. The van der Waals surface area contributed by atoms with Crippen molar-refractivity contribution in [2.24, 2.45) is 0 Å². The summed E-state index contributed by atoms with van der Waals surface area (Å²) < 4.78 is 16.9. The second-order valence-electron chi connectivity index (χ2n) is 6.71. The lowest BCUT2D eigenvalue weighted by molar-refractivity contribution is 0.204. The van der Waals surface area contributed by atoms with E-state index in [0.29, 0.717) is 17.4 Å². The quantitative estimate of drug-likeness (QED) is 0.729. The molecule has 1 aliphatic rings. The first kappa shape index (κ1) is 17.4. The van der Waals surface area contributed by atoms with Crippen LogP contribution < -0.4 is 19.9 Å². The van der Waals surface area contributed by atoms with Crippen LogP contribution in [0.1, 0.15) is 25.7 Å². The molecule has 1 fully saturated rings. The number of ether oxygens (including phenoxy) is 3. The second kappa shape index (κ2) is 7.31. The van der Waals surface area contributed by atoms with Gasteiger partial charge in [0.2, 0.25) is 11.8 Å². The lowest BCUT2D eigenvalue weighted by atomic mass is 10.0. The van der Waals surface area contributed by atoms with Gasteiger partial charge in [0.25, 0.3) is 0 Å². The lowest BCUT2D eigenvalue weighted by Crippen LogP contribution is -2.13. The highest BCUT2D eigenvalue weighted by molar-refractivity contribution is 5.89. The number of hydrogen-bond acceptors (Lipinski definition) is 6. The Hall–Kier alpha value is -3.02. The molecule has 0 radical (unpaired) electrons. The van der Waals surface area contributed by atoms with E-state index in [2.05, 4.69) is 9.97 Å². The molecule has 6 heteroatoms. The van der Waals surface area contributed by atoms with Crippen LogP contribution in [0, 0.1) is 0 Å².